The lowest BCUT2D eigenvalue weighted by molar-refractivity contribution is -0.125. The molecule has 0 saturated heterocycles. The number of hydrogen-bond acceptors (Lipinski definition) is 5. The van der Waals surface area contributed by atoms with E-state index in [-0.39, 0.29) is 23.9 Å². The Labute approximate surface area is 209 Å². The molecule has 0 unspecified atom stereocenters. The predicted molar refractivity (Wildman–Crippen MR) is 134 cm³/mol. The topological polar surface area (TPSA) is 83.1 Å². The van der Waals surface area contributed by atoms with E-state index in [4.69, 9.17) is 11.6 Å². The number of alkyl halides is 1. The number of aryl methyl sites for hydroxylation is 1. The quantitative estimate of drug-likeness (QED) is 0.415. The molecule has 184 valence electrons. The summed E-state index contributed by atoms with van der Waals surface area (Å²) in [5.41, 5.74) is 1.69. The minimum absolute atomic E-state index is 0.0460. The van der Waals surface area contributed by atoms with Crippen LogP contribution in [0.5, 0.6) is 0 Å². The monoisotopic (exact) mass is 506 g/mol. The van der Waals surface area contributed by atoms with E-state index in [1.165, 1.54) is 24.2 Å². The Morgan fingerprint density at radius 2 is 2.00 bits per heavy atom. The van der Waals surface area contributed by atoms with E-state index in [0.29, 0.717) is 35.1 Å². The highest BCUT2D eigenvalue weighted by Crippen LogP contribution is 2.31. The summed E-state index contributed by atoms with van der Waals surface area (Å²) >= 11 is 7.47. The Morgan fingerprint density at radius 3 is 2.71 bits per heavy atom. The second-order valence-corrected chi connectivity index (χ2v) is 11.1. The van der Waals surface area contributed by atoms with Gasteiger partial charge >= 0.3 is 0 Å². The summed E-state index contributed by atoms with van der Waals surface area (Å²) in [6, 6.07) is 4.77. The van der Waals surface area contributed by atoms with Crippen molar-refractivity contribution in [3.05, 3.63) is 44.9 Å². The van der Waals surface area contributed by atoms with Crippen LogP contribution in [0.2, 0.25) is 5.02 Å². The van der Waals surface area contributed by atoms with Gasteiger partial charge in [-0.3, -0.25) is 14.6 Å². The number of thiophene rings is 1. The summed E-state index contributed by atoms with van der Waals surface area (Å²) in [5, 5.41) is 9.84. The average molecular weight is 507 g/mol. The number of hydrogen-bond donors (Lipinski definition) is 3. The van der Waals surface area contributed by atoms with Gasteiger partial charge in [-0.05, 0) is 57.2 Å². The second kappa shape index (κ2) is 11.0. The normalized spacial score (nSPS) is 22.0. The molecule has 3 N–H and O–H groups in total. The standard InChI is InChI=1S/C25H32ClFN4O2S/c1-14-20(10-17(26)13-28-14)29-15(2)22-7-8-23(34-22)25(33)31-21(9-16-5-3-4-6-16)24(32)30-19-11-18(27)12-19/h7-8,10,13,15-16,18-19,21,29H,3-6,9,11-12H2,1-2H3,(H,30,32)(H,31,33)/t15-,18-,19-,21-/m0/s1. The number of nitrogens with zero attached hydrogens (tertiary/aromatic N) is 1. The first-order chi connectivity index (χ1) is 16.3. The van der Waals surface area contributed by atoms with E-state index in [1.54, 1.807) is 12.3 Å². The SMILES string of the molecule is Cc1ncc(Cl)cc1N[C@@H](C)c1ccc(C(=O)N[C@@H](CC2CCCC2)C(=O)N[C@H]2C[C@H](F)C2)s1. The van der Waals surface area contributed by atoms with E-state index >= 15 is 0 Å². The van der Waals surface area contributed by atoms with Crippen molar-refractivity contribution in [1.29, 1.82) is 0 Å². The molecule has 2 heterocycles. The van der Waals surface area contributed by atoms with Crippen LogP contribution in [0.15, 0.2) is 24.4 Å². The largest absolute Gasteiger partial charge is 0.376 e. The van der Waals surface area contributed by atoms with Crippen LogP contribution in [0.3, 0.4) is 0 Å². The van der Waals surface area contributed by atoms with Crippen molar-refractivity contribution < 1.29 is 14.0 Å². The van der Waals surface area contributed by atoms with Crippen molar-refractivity contribution in [3.63, 3.8) is 0 Å². The first-order valence-corrected chi connectivity index (χ1v) is 13.2. The number of halogens is 2. The van der Waals surface area contributed by atoms with E-state index < -0.39 is 12.2 Å². The zero-order valence-electron chi connectivity index (χ0n) is 19.6. The van der Waals surface area contributed by atoms with Gasteiger partial charge in [0.25, 0.3) is 5.91 Å². The number of carbonyl (C=O) groups excluding carboxylic acids is 2. The number of aromatic nitrogens is 1. The zero-order chi connectivity index (χ0) is 24.2. The Morgan fingerprint density at radius 1 is 1.26 bits per heavy atom. The van der Waals surface area contributed by atoms with Gasteiger partial charge in [0.05, 0.1) is 27.3 Å². The van der Waals surface area contributed by atoms with E-state index in [0.717, 1.165) is 29.1 Å². The first kappa shape index (κ1) is 24.9. The van der Waals surface area contributed by atoms with Gasteiger partial charge in [-0.2, -0.15) is 0 Å². The molecule has 34 heavy (non-hydrogen) atoms. The lowest BCUT2D eigenvalue weighted by atomic mass is 9.90. The molecule has 2 aromatic heterocycles. The van der Waals surface area contributed by atoms with Crippen molar-refractivity contribution >= 4 is 40.4 Å². The molecule has 9 heteroatoms. The Balaban J connectivity index is 1.39. The maximum Gasteiger partial charge on any atom is 0.262 e. The van der Waals surface area contributed by atoms with Gasteiger partial charge < -0.3 is 16.0 Å². The molecule has 2 aliphatic carbocycles. The summed E-state index contributed by atoms with van der Waals surface area (Å²) in [4.78, 5) is 31.8. The van der Waals surface area contributed by atoms with Crippen LogP contribution < -0.4 is 16.0 Å². The second-order valence-electron chi connectivity index (χ2n) is 9.54. The van der Waals surface area contributed by atoms with Crippen LogP contribution in [-0.4, -0.2) is 35.1 Å². The lowest BCUT2D eigenvalue weighted by Crippen LogP contribution is -2.53. The molecule has 0 bridgehead atoms. The van der Waals surface area contributed by atoms with Crippen LogP contribution in [-0.2, 0) is 4.79 Å². The molecule has 0 radical (unpaired) electrons. The third kappa shape index (κ3) is 6.27. The van der Waals surface area contributed by atoms with Crippen molar-refractivity contribution in [2.45, 2.75) is 83.1 Å². The van der Waals surface area contributed by atoms with E-state index in [1.807, 2.05) is 26.0 Å². The molecule has 6 nitrogen and oxygen atoms in total. The third-order valence-corrected chi connectivity index (χ3v) is 8.27. The number of carbonyl (C=O) groups is 2. The molecule has 2 saturated carbocycles. The summed E-state index contributed by atoms with van der Waals surface area (Å²) in [7, 11) is 0. The first-order valence-electron chi connectivity index (χ1n) is 12.0. The Kier molecular flexibility index (Phi) is 8.09. The fourth-order valence-electron chi connectivity index (χ4n) is 4.67. The number of nitrogens with one attached hydrogen (secondary N) is 3. The summed E-state index contributed by atoms with van der Waals surface area (Å²) in [5.74, 6) is -0.0175. The summed E-state index contributed by atoms with van der Waals surface area (Å²) in [6.07, 6.45) is 6.62. The molecular weight excluding hydrogens is 475 g/mol. The van der Waals surface area contributed by atoms with Crippen molar-refractivity contribution in [3.8, 4) is 0 Å². The average Bonchev–Trinajstić information content (AvgIpc) is 3.47. The molecule has 2 aromatic rings. The van der Waals surface area contributed by atoms with Gasteiger partial charge in [0.15, 0.2) is 0 Å². The van der Waals surface area contributed by atoms with E-state index in [9.17, 15) is 14.0 Å². The maximum absolute atomic E-state index is 13.2. The molecule has 2 aliphatic rings. The zero-order valence-corrected chi connectivity index (χ0v) is 21.1. The molecule has 0 aromatic carbocycles. The fraction of sp³-hybridized carbons (Fsp3) is 0.560. The predicted octanol–water partition coefficient (Wildman–Crippen LogP) is 5.57. The molecule has 2 fully saturated rings. The minimum Gasteiger partial charge on any atom is -0.376 e. The molecule has 4 rings (SSSR count). The van der Waals surface area contributed by atoms with Crippen molar-refractivity contribution in [2.24, 2.45) is 5.92 Å². The van der Waals surface area contributed by atoms with Gasteiger partial charge in [-0.15, -0.1) is 11.3 Å². The number of amides is 2. The molecule has 2 amide bonds. The minimum atomic E-state index is -0.834. The smallest absolute Gasteiger partial charge is 0.262 e. The third-order valence-electron chi connectivity index (χ3n) is 6.80. The summed E-state index contributed by atoms with van der Waals surface area (Å²) < 4.78 is 13.2. The highest BCUT2D eigenvalue weighted by atomic mass is 35.5. The number of pyridine rings is 1. The van der Waals surface area contributed by atoms with Gasteiger partial charge in [0, 0.05) is 17.1 Å². The van der Waals surface area contributed by atoms with Crippen LogP contribution in [0.1, 0.15) is 78.2 Å². The van der Waals surface area contributed by atoms with Gasteiger partial charge in [0.1, 0.15) is 12.2 Å². The van der Waals surface area contributed by atoms with E-state index in [2.05, 4.69) is 20.9 Å². The van der Waals surface area contributed by atoms with Crippen LogP contribution >= 0.6 is 22.9 Å². The van der Waals surface area contributed by atoms with Crippen LogP contribution in [0.4, 0.5) is 10.1 Å². The number of rotatable bonds is 9. The van der Waals surface area contributed by atoms with Crippen molar-refractivity contribution in [2.75, 3.05) is 5.32 Å². The molecule has 0 aliphatic heterocycles. The Bertz CT molecular complexity index is 1020. The maximum atomic E-state index is 13.2. The number of anilines is 1. The van der Waals surface area contributed by atoms with Gasteiger partial charge in [0.2, 0.25) is 5.91 Å². The van der Waals surface area contributed by atoms with Crippen LogP contribution in [0, 0.1) is 12.8 Å². The van der Waals surface area contributed by atoms with Gasteiger partial charge in [-0.25, -0.2) is 4.39 Å². The Hall–Kier alpha value is -2.19. The summed E-state index contributed by atoms with van der Waals surface area (Å²) in [6.45, 7) is 3.92. The van der Waals surface area contributed by atoms with Crippen LogP contribution in [0.25, 0.3) is 0 Å². The molecule has 0 spiro atoms. The molecule has 2 atom stereocenters. The fourth-order valence-corrected chi connectivity index (χ4v) is 5.75. The molecular formula is C25H32ClFN4O2S. The highest BCUT2D eigenvalue weighted by molar-refractivity contribution is 7.14. The van der Waals surface area contributed by atoms with Gasteiger partial charge in [-0.1, -0.05) is 37.3 Å². The lowest BCUT2D eigenvalue weighted by Gasteiger charge is -2.32. The van der Waals surface area contributed by atoms with Crippen molar-refractivity contribution in [1.82, 2.24) is 15.6 Å². The highest BCUT2D eigenvalue weighted by Gasteiger charge is 2.34.